The average Bonchev–Trinajstić information content (AvgIpc) is 2.14. The summed E-state index contributed by atoms with van der Waals surface area (Å²) in [5, 5.41) is 8.58. The van der Waals surface area contributed by atoms with Gasteiger partial charge in [-0.1, -0.05) is 0 Å². The molecule has 9 heteroatoms. The van der Waals surface area contributed by atoms with Gasteiger partial charge in [-0.05, 0) is 6.07 Å². The molecule has 0 aromatic carbocycles. The highest BCUT2D eigenvalue weighted by atomic mass is 35.7. The van der Waals surface area contributed by atoms with E-state index in [4.69, 9.17) is 21.7 Å². The van der Waals surface area contributed by atoms with Crippen LogP contribution in [-0.4, -0.2) is 13.4 Å². The van der Waals surface area contributed by atoms with Crippen molar-refractivity contribution in [1.29, 1.82) is 5.26 Å². The number of nitrogen functional groups attached to an aromatic ring is 1. The van der Waals surface area contributed by atoms with Crippen LogP contribution >= 0.6 is 10.7 Å². The molecule has 0 saturated carbocycles. The molecule has 1 aromatic heterocycles. The highest BCUT2D eigenvalue weighted by molar-refractivity contribution is 8.13. The summed E-state index contributed by atoms with van der Waals surface area (Å²) in [6.07, 6.45) is -3.12. The Morgan fingerprint density at radius 2 is 2.12 bits per heavy atom. The molecule has 0 aliphatic heterocycles. The zero-order valence-corrected chi connectivity index (χ0v) is 9.06. The van der Waals surface area contributed by atoms with Crippen molar-refractivity contribution in [3.8, 4) is 6.07 Å². The van der Waals surface area contributed by atoms with E-state index >= 15 is 0 Å². The summed E-state index contributed by atoms with van der Waals surface area (Å²) < 4.78 is 47.2. The van der Waals surface area contributed by atoms with E-state index in [0.29, 0.717) is 6.07 Å². The number of anilines is 1. The standard InChI is InChI=1S/C7H4ClF2N3O2S/c8-16(14,15)6-3(7(9)10)1-5(12)13-4(6)2-11/h1,7H,(H2,12,13). The fourth-order valence-corrected chi connectivity index (χ4v) is 2.31. The van der Waals surface area contributed by atoms with Crippen LogP contribution in [0.15, 0.2) is 11.0 Å². The summed E-state index contributed by atoms with van der Waals surface area (Å²) in [5.41, 5.74) is 3.47. The van der Waals surface area contributed by atoms with Crippen LogP contribution in [0.5, 0.6) is 0 Å². The molecule has 0 amide bonds. The predicted octanol–water partition coefficient (Wildman–Crippen LogP) is 1.40. The molecule has 0 spiro atoms. The number of nitriles is 1. The van der Waals surface area contributed by atoms with E-state index in [1.165, 1.54) is 6.07 Å². The molecule has 0 radical (unpaired) electrons. The Morgan fingerprint density at radius 3 is 2.50 bits per heavy atom. The SMILES string of the molecule is N#Cc1nc(N)cc(C(F)F)c1S(=O)(=O)Cl. The first-order valence-electron chi connectivity index (χ1n) is 3.70. The van der Waals surface area contributed by atoms with E-state index in [9.17, 15) is 17.2 Å². The smallest absolute Gasteiger partial charge is 0.265 e. The molecule has 2 N–H and O–H groups in total. The van der Waals surface area contributed by atoms with E-state index in [2.05, 4.69) is 4.98 Å². The van der Waals surface area contributed by atoms with Crippen molar-refractivity contribution in [2.45, 2.75) is 11.3 Å². The van der Waals surface area contributed by atoms with E-state index in [1.807, 2.05) is 0 Å². The first-order valence-corrected chi connectivity index (χ1v) is 6.01. The monoisotopic (exact) mass is 267 g/mol. The number of hydrogen-bond acceptors (Lipinski definition) is 5. The topological polar surface area (TPSA) is 96.8 Å². The van der Waals surface area contributed by atoms with Gasteiger partial charge >= 0.3 is 0 Å². The molecular weight excluding hydrogens is 264 g/mol. The minimum atomic E-state index is -4.49. The molecule has 5 nitrogen and oxygen atoms in total. The normalized spacial score (nSPS) is 11.4. The maximum Gasteiger partial charge on any atom is 0.265 e. The van der Waals surface area contributed by atoms with E-state index in [0.717, 1.165) is 0 Å². The Morgan fingerprint density at radius 1 is 1.56 bits per heavy atom. The quantitative estimate of drug-likeness (QED) is 0.817. The van der Waals surface area contributed by atoms with Crippen LogP contribution in [0.25, 0.3) is 0 Å². The highest BCUT2D eigenvalue weighted by Crippen LogP contribution is 2.31. The van der Waals surface area contributed by atoms with Gasteiger partial charge in [0.1, 0.15) is 16.8 Å². The van der Waals surface area contributed by atoms with Gasteiger partial charge in [0, 0.05) is 16.2 Å². The number of nitrogens with two attached hydrogens (primary N) is 1. The van der Waals surface area contributed by atoms with Gasteiger partial charge in [0.2, 0.25) is 0 Å². The van der Waals surface area contributed by atoms with Gasteiger partial charge in [-0.2, -0.15) is 5.26 Å². The molecule has 0 bridgehead atoms. The Bertz CT molecular complexity index is 568. The largest absolute Gasteiger partial charge is 0.384 e. The molecule has 0 unspecified atom stereocenters. The van der Waals surface area contributed by atoms with Crippen LogP contribution in [0.3, 0.4) is 0 Å². The van der Waals surface area contributed by atoms with Crippen LogP contribution in [0.2, 0.25) is 0 Å². The van der Waals surface area contributed by atoms with Gasteiger partial charge in [0.25, 0.3) is 15.5 Å². The second kappa shape index (κ2) is 4.19. The summed E-state index contributed by atoms with van der Waals surface area (Å²) in [6.45, 7) is 0. The van der Waals surface area contributed by atoms with Gasteiger partial charge in [0.15, 0.2) is 5.69 Å². The number of hydrogen-bond donors (Lipinski definition) is 1. The van der Waals surface area contributed by atoms with E-state index < -0.39 is 31.6 Å². The third kappa shape index (κ3) is 2.37. The number of halogens is 3. The molecule has 0 aliphatic rings. The zero-order valence-electron chi connectivity index (χ0n) is 7.49. The molecule has 1 rings (SSSR count). The Hall–Kier alpha value is -1.46. The van der Waals surface area contributed by atoms with Gasteiger partial charge in [-0.3, -0.25) is 0 Å². The molecular formula is C7H4ClF2N3O2S. The molecule has 86 valence electrons. The van der Waals surface area contributed by atoms with Crippen molar-refractivity contribution in [3.63, 3.8) is 0 Å². The maximum absolute atomic E-state index is 12.5. The van der Waals surface area contributed by atoms with Crippen molar-refractivity contribution in [3.05, 3.63) is 17.3 Å². The van der Waals surface area contributed by atoms with Crippen LogP contribution in [0.1, 0.15) is 17.7 Å². The lowest BCUT2D eigenvalue weighted by atomic mass is 10.2. The molecule has 0 saturated heterocycles. The lowest BCUT2D eigenvalue weighted by molar-refractivity contribution is 0.148. The second-order valence-corrected chi connectivity index (χ2v) is 5.17. The molecule has 0 aliphatic carbocycles. The number of aromatic nitrogens is 1. The third-order valence-electron chi connectivity index (χ3n) is 1.61. The van der Waals surface area contributed by atoms with Crippen molar-refractivity contribution >= 4 is 25.6 Å². The lowest BCUT2D eigenvalue weighted by Gasteiger charge is -2.07. The number of nitrogens with zero attached hydrogens (tertiary/aromatic N) is 2. The summed E-state index contributed by atoms with van der Waals surface area (Å²) in [4.78, 5) is 2.32. The average molecular weight is 268 g/mol. The number of alkyl halides is 2. The zero-order chi connectivity index (χ0) is 12.5. The summed E-state index contributed by atoms with van der Waals surface area (Å²) in [5.74, 6) is -0.379. The molecule has 1 aromatic rings. The summed E-state index contributed by atoms with van der Waals surface area (Å²) in [6, 6.07) is 2.02. The third-order valence-corrected chi connectivity index (χ3v) is 2.99. The Labute approximate surface area is 93.9 Å². The first-order chi connectivity index (χ1) is 7.27. The lowest BCUT2D eigenvalue weighted by Crippen LogP contribution is -2.07. The summed E-state index contributed by atoms with van der Waals surface area (Å²) >= 11 is 0. The molecule has 0 atom stereocenters. The minimum Gasteiger partial charge on any atom is -0.384 e. The molecule has 16 heavy (non-hydrogen) atoms. The van der Waals surface area contributed by atoms with E-state index in [1.54, 1.807) is 0 Å². The van der Waals surface area contributed by atoms with Crippen molar-refractivity contribution in [2.24, 2.45) is 0 Å². The Kier molecular flexibility index (Phi) is 3.30. The minimum absolute atomic E-state index is 0.379. The van der Waals surface area contributed by atoms with Gasteiger partial charge in [0.05, 0.1) is 0 Å². The fourth-order valence-electron chi connectivity index (χ4n) is 1.07. The Balaban J connectivity index is 3.74. The van der Waals surface area contributed by atoms with E-state index in [-0.39, 0.29) is 5.82 Å². The number of pyridine rings is 1. The molecule has 1 heterocycles. The maximum atomic E-state index is 12.5. The van der Waals surface area contributed by atoms with Crippen molar-refractivity contribution in [2.75, 3.05) is 5.73 Å². The van der Waals surface area contributed by atoms with Crippen LogP contribution in [-0.2, 0) is 9.05 Å². The van der Waals surface area contributed by atoms with Crippen LogP contribution in [0, 0.1) is 11.3 Å². The van der Waals surface area contributed by atoms with Crippen molar-refractivity contribution in [1.82, 2.24) is 4.98 Å². The van der Waals surface area contributed by atoms with Gasteiger partial charge < -0.3 is 5.73 Å². The first kappa shape index (κ1) is 12.6. The highest BCUT2D eigenvalue weighted by Gasteiger charge is 2.27. The summed E-state index contributed by atoms with van der Waals surface area (Å²) in [7, 11) is 0.465. The number of rotatable bonds is 2. The van der Waals surface area contributed by atoms with Gasteiger partial charge in [-0.15, -0.1) is 0 Å². The fraction of sp³-hybridized carbons (Fsp3) is 0.143. The van der Waals surface area contributed by atoms with Crippen LogP contribution < -0.4 is 5.73 Å². The van der Waals surface area contributed by atoms with Crippen LogP contribution in [0.4, 0.5) is 14.6 Å². The van der Waals surface area contributed by atoms with Crippen molar-refractivity contribution < 1.29 is 17.2 Å². The molecule has 0 fully saturated rings. The predicted molar refractivity (Wildman–Crippen MR) is 51.4 cm³/mol. The van der Waals surface area contributed by atoms with Gasteiger partial charge in [-0.25, -0.2) is 22.2 Å². The second-order valence-electron chi connectivity index (χ2n) is 2.66.